The van der Waals surface area contributed by atoms with Crippen molar-refractivity contribution in [1.29, 1.82) is 0 Å². The number of amides is 1. The van der Waals surface area contributed by atoms with Crippen molar-refractivity contribution >= 4 is 21.8 Å². The SMILES string of the molecule is CCN(CCBr)C(=O)CC(F)(F)F. The number of rotatable bonds is 4. The van der Waals surface area contributed by atoms with E-state index in [1.807, 2.05) is 0 Å². The Balaban J connectivity index is 4.06. The van der Waals surface area contributed by atoms with Crippen molar-refractivity contribution in [2.45, 2.75) is 19.5 Å². The number of nitrogens with zero attached hydrogens (tertiary/aromatic N) is 1. The smallest absolute Gasteiger partial charge is 0.342 e. The van der Waals surface area contributed by atoms with Gasteiger partial charge in [0.15, 0.2) is 0 Å². The number of carbonyl (C=O) groups excluding carboxylic acids is 1. The lowest BCUT2D eigenvalue weighted by Crippen LogP contribution is -2.35. The van der Waals surface area contributed by atoms with Crippen molar-refractivity contribution in [2.24, 2.45) is 0 Å². The largest absolute Gasteiger partial charge is 0.397 e. The van der Waals surface area contributed by atoms with Gasteiger partial charge in [-0.25, -0.2) is 0 Å². The second kappa shape index (κ2) is 5.47. The van der Waals surface area contributed by atoms with E-state index >= 15 is 0 Å². The van der Waals surface area contributed by atoms with Gasteiger partial charge in [0.05, 0.1) is 0 Å². The van der Waals surface area contributed by atoms with Gasteiger partial charge in [-0.05, 0) is 6.92 Å². The summed E-state index contributed by atoms with van der Waals surface area (Å²) in [6, 6.07) is 0. The van der Waals surface area contributed by atoms with Gasteiger partial charge in [0, 0.05) is 18.4 Å². The van der Waals surface area contributed by atoms with Gasteiger partial charge in [-0.1, -0.05) is 15.9 Å². The van der Waals surface area contributed by atoms with Crippen LogP contribution in [-0.4, -0.2) is 35.4 Å². The van der Waals surface area contributed by atoms with E-state index in [-0.39, 0.29) is 0 Å². The molecule has 0 saturated heterocycles. The minimum Gasteiger partial charge on any atom is -0.342 e. The monoisotopic (exact) mass is 261 g/mol. The van der Waals surface area contributed by atoms with Crippen molar-refractivity contribution in [2.75, 3.05) is 18.4 Å². The molecule has 2 nitrogen and oxygen atoms in total. The standard InChI is InChI=1S/C7H11BrF3NO/c1-2-12(4-3-8)6(13)5-7(9,10)11/h2-5H2,1H3. The molecule has 6 heteroatoms. The Kier molecular flexibility index (Phi) is 5.36. The summed E-state index contributed by atoms with van der Waals surface area (Å²) in [6.45, 7) is 2.27. The van der Waals surface area contributed by atoms with Crippen molar-refractivity contribution in [3.05, 3.63) is 0 Å². The molecule has 0 spiro atoms. The molecule has 78 valence electrons. The molecule has 0 rings (SSSR count). The minimum atomic E-state index is -4.41. The van der Waals surface area contributed by atoms with Gasteiger partial charge >= 0.3 is 6.18 Å². The first-order valence-electron chi connectivity index (χ1n) is 3.81. The van der Waals surface area contributed by atoms with Crippen molar-refractivity contribution in [3.63, 3.8) is 0 Å². The van der Waals surface area contributed by atoms with E-state index < -0.39 is 18.5 Å². The van der Waals surface area contributed by atoms with Crippen LogP contribution in [0.1, 0.15) is 13.3 Å². The van der Waals surface area contributed by atoms with E-state index in [9.17, 15) is 18.0 Å². The average molecular weight is 262 g/mol. The second-order valence-electron chi connectivity index (χ2n) is 2.45. The van der Waals surface area contributed by atoms with Gasteiger partial charge in [0.1, 0.15) is 6.42 Å². The quantitative estimate of drug-likeness (QED) is 0.711. The zero-order valence-corrected chi connectivity index (χ0v) is 8.78. The van der Waals surface area contributed by atoms with E-state index in [0.29, 0.717) is 18.4 Å². The summed E-state index contributed by atoms with van der Waals surface area (Å²) >= 11 is 3.06. The Morgan fingerprint density at radius 1 is 1.46 bits per heavy atom. The molecule has 13 heavy (non-hydrogen) atoms. The van der Waals surface area contributed by atoms with Crippen LogP contribution in [0.4, 0.5) is 13.2 Å². The highest BCUT2D eigenvalue weighted by Crippen LogP contribution is 2.20. The second-order valence-corrected chi connectivity index (χ2v) is 3.25. The zero-order chi connectivity index (χ0) is 10.5. The molecule has 0 fully saturated rings. The maximum Gasteiger partial charge on any atom is 0.397 e. The zero-order valence-electron chi connectivity index (χ0n) is 7.20. The van der Waals surface area contributed by atoms with Crippen LogP contribution in [0.2, 0.25) is 0 Å². The fraction of sp³-hybridized carbons (Fsp3) is 0.857. The maximum absolute atomic E-state index is 11.8. The molecule has 0 aliphatic carbocycles. The summed E-state index contributed by atoms with van der Waals surface area (Å²) < 4.78 is 35.4. The Hall–Kier alpha value is -0.260. The van der Waals surface area contributed by atoms with Gasteiger partial charge in [-0.3, -0.25) is 4.79 Å². The molecule has 0 aromatic heterocycles. The minimum absolute atomic E-state index is 0.306. The first-order valence-corrected chi connectivity index (χ1v) is 4.93. The Labute approximate surface area is 83.2 Å². The molecule has 0 bridgehead atoms. The van der Waals surface area contributed by atoms with Crippen molar-refractivity contribution in [3.8, 4) is 0 Å². The van der Waals surface area contributed by atoms with Crippen molar-refractivity contribution in [1.82, 2.24) is 4.90 Å². The lowest BCUT2D eigenvalue weighted by atomic mass is 10.3. The fourth-order valence-corrected chi connectivity index (χ4v) is 1.27. The number of hydrogen-bond donors (Lipinski definition) is 0. The molecule has 1 amide bonds. The summed E-state index contributed by atoms with van der Waals surface area (Å²) in [7, 11) is 0. The molecular weight excluding hydrogens is 251 g/mol. The summed E-state index contributed by atoms with van der Waals surface area (Å²) in [6.07, 6.45) is -5.77. The maximum atomic E-state index is 11.8. The molecule has 0 aromatic rings. The lowest BCUT2D eigenvalue weighted by molar-refractivity contribution is -0.161. The first kappa shape index (κ1) is 12.7. The van der Waals surface area contributed by atoms with Gasteiger partial charge in [0.2, 0.25) is 5.91 Å². The normalized spacial score (nSPS) is 11.5. The topological polar surface area (TPSA) is 20.3 Å². The van der Waals surface area contributed by atoms with Gasteiger partial charge in [-0.2, -0.15) is 13.2 Å². The molecule has 0 aliphatic heterocycles. The molecule has 0 aromatic carbocycles. The summed E-state index contributed by atoms with van der Waals surface area (Å²) in [4.78, 5) is 12.1. The number of hydrogen-bond acceptors (Lipinski definition) is 1. The predicted molar refractivity (Wildman–Crippen MR) is 46.7 cm³/mol. The molecule has 0 aliphatic rings. The average Bonchev–Trinajstić information content (AvgIpc) is 1.96. The Morgan fingerprint density at radius 2 is 2.00 bits per heavy atom. The summed E-state index contributed by atoms with van der Waals surface area (Å²) in [5.41, 5.74) is 0. The van der Waals surface area contributed by atoms with E-state index in [0.717, 1.165) is 0 Å². The van der Waals surface area contributed by atoms with E-state index in [4.69, 9.17) is 0 Å². The number of halogens is 4. The van der Waals surface area contributed by atoms with Crippen LogP contribution in [0.5, 0.6) is 0 Å². The highest BCUT2D eigenvalue weighted by molar-refractivity contribution is 9.09. The highest BCUT2D eigenvalue weighted by atomic mass is 79.9. The van der Waals surface area contributed by atoms with E-state index in [2.05, 4.69) is 15.9 Å². The molecule has 0 radical (unpaired) electrons. The van der Waals surface area contributed by atoms with Crippen LogP contribution in [0, 0.1) is 0 Å². The van der Waals surface area contributed by atoms with Crippen LogP contribution in [0.3, 0.4) is 0 Å². The molecule has 0 saturated carbocycles. The van der Waals surface area contributed by atoms with Crippen molar-refractivity contribution < 1.29 is 18.0 Å². The van der Waals surface area contributed by atoms with Crippen LogP contribution in [-0.2, 0) is 4.79 Å². The van der Waals surface area contributed by atoms with E-state index in [1.54, 1.807) is 6.92 Å². The summed E-state index contributed by atoms with van der Waals surface area (Å²) in [5, 5.41) is 0.491. The molecule has 0 atom stereocenters. The van der Waals surface area contributed by atoms with Gasteiger partial charge in [0.25, 0.3) is 0 Å². The van der Waals surface area contributed by atoms with Gasteiger partial charge in [-0.15, -0.1) is 0 Å². The third kappa shape index (κ3) is 5.90. The summed E-state index contributed by atoms with van der Waals surface area (Å²) in [5.74, 6) is -0.866. The van der Waals surface area contributed by atoms with Crippen LogP contribution in [0.15, 0.2) is 0 Å². The molecular formula is C7H11BrF3NO. The van der Waals surface area contributed by atoms with Crippen LogP contribution < -0.4 is 0 Å². The third-order valence-corrected chi connectivity index (χ3v) is 1.80. The van der Waals surface area contributed by atoms with E-state index in [1.165, 1.54) is 4.90 Å². The molecule has 0 unspecified atom stereocenters. The number of alkyl halides is 4. The Bertz CT molecular complexity index is 172. The highest BCUT2D eigenvalue weighted by Gasteiger charge is 2.32. The Morgan fingerprint density at radius 3 is 2.31 bits per heavy atom. The third-order valence-electron chi connectivity index (χ3n) is 1.44. The first-order chi connectivity index (χ1) is 5.90. The fourth-order valence-electron chi connectivity index (χ4n) is 0.844. The van der Waals surface area contributed by atoms with Crippen LogP contribution in [0.25, 0.3) is 0 Å². The molecule has 0 heterocycles. The molecule has 0 N–H and O–H groups in total. The lowest BCUT2D eigenvalue weighted by Gasteiger charge is -2.20. The number of carbonyl (C=O) groups is 1. The predicted octanol–water partition coefficient (Wildman–Crippen LogP) is 2.18. The van der Waals surface area contributed by atoms with Crippen LogP contribution >= 0.6 is 15.9 Å². The van der Waals surface area contributed by atoms with Gasteiger partial charge < -0.3 is 4.90 Å².